The Bertz CT molecular complexity index is 1320. The monoisotopic (exact) mass is 600 g/mol. The van der Waals surface area contributed by atoms with Gasteiger partial charge in [-0.3, -0.25) is 0 Å². The predicted octanol–water partition coefficient (Wildman–Crippen LogP) is 7.96. The Morgan fingerprint density at radius 1 is 0.698 bits per heavy atom. The van der Waals surface area contributed by atoms with Crippen molar-refractivity contribution < 1.29 is 46.5 Å². The van der Waals surface area contributed by atoms with E-state index in [1.165, 1.54) is 6.42 Å². The van der Waals surface area contributed by atoms with Crippen LogP contribution in [-0.4, -0.2) is 43.4 Å². The van der Waals surface area contributed by atoms with Gasteiger partial charge >= 0.3 is 24.1 Å². The third kappa shape index (κ3) is 11.1. The molecule has 3 aromatic carbocycles. The quantitative estimate of drug-likeness (QED) is 0.0993. The molecule has 0 spiro atoms. The van der Waals surface area contributed by atoms with Gasteiger partial charge in [-0.2, -0.15) is 13.2 Å². The van der Waals surface area contributed by atoms with Crippen molar-refractivity contribution in [2.45, 2.75) is 64.7 Å². The summed E-state index contributed by atoms with van der Waals surface area (Å²) in [5.74, 6) is -2.38. The second-order valence-electron chi connectivity index (χ2n) is 9.92. The molecule has 7 nitrogen and oxygen atoms in total. The lowest BCUT2D eigenvalue weighted by Crippen LogP contribution is -2.26. The number of carbonyl (C=O) groups excluding carboxylic acids is 3. The van der Waals surface area contributed by atoms with E-state index < -0.39 is 30.7 Å². The number of alkyl halides is 3. The number of hydrogen-bond acceptors (Lipinski definition) is 7. The molecule has 1 atom stereocenters. The van der Waals surface area contributed by atoms with Crippen LogP contribution >= 0.6 is 0 Å². The molecule has 10 heteroatoms. The van der Waals surface area contributed by atoms with Gasteiger partial charge in [0.2, 0.25) is 0 Å². The molecule has 43 heavy (non-hydrogen) atoms. The van der Waals surface area contributed by atoms with Gasteiger partial charge in [0, 0.05) is 6.42 Å². The summed E-state index contributed by atoms with van der Waals surface area (Å²) in [6, 6.07) is 20.0. The van der Waals surface area contributed by atoms with E-state index in [1.807, 2.05) is 6.92 Å². The maximum Gasteiger partial charge on any atom is 0.490 e. The molecule has 0 bridgehead atoms. The molecule has 3 rings (SSSR count). The predicted molar refractivity (Wildman–Crippen MR) is 154 cm³/mol. The molecule has 0 heterocycles. The highest BCUT2D eigenvalue weighted by molar-refractivity contribution is 5.92. The summed E-state index contributed by atoms with van der Waals surface area (Å²) in [7, 11) is 0. The van der Waals surface area contributed by atoms with E-state index in [4.69, 9.17) is 14.2 Å². The maximum absolute atomic E-state index is 12.6. The molecule has 0 saturated heterocycles. The zero-order chi connectivity index (χ0) is 31.2. The topological polar surface area (TPSA) is 88.1 Å². The minimum Gasteiger partial charge on any atom is -0.493 e. The number of carbonyl (C=O) groups is 3. The van der Waals surface area contributed by atoms with Crippen molar-refractivity contribution in [1.82, 2.24) is 0 Å². The fourth-order valence-corrected chi connectivity index (χ4v) is 4.03. The molecular formula is C33H35F3O7. The first-order chi connectivity index (χ1) is 20.6. The minimum absolute atomic E-state index is 0.0759. The van der Waals surface area contributed by atoms with E-state index >= 15 is 0 Å². The van der Waals surface area contributed by atoms with E-state index in [-0.39, 0.29) is 19.1 Å². The zero-order valence-electron chi connectivity index (χ0n) is 24.2. The lowest BCUT2D eigenvalue weighted by Gasteiger charge is -2.13. The summed E-state index contributed by atoms with van der Waals surface area (Å²) in [4.78, 5) is 35.7. The van der Waals surface area contributed by atoms with Crippen molar-refractivity contribution >= 4 is 17.9 Å². The summed E-state index contributed by atoms with van der Waals surface area (Å²) in [5.41, 5.74) is 2.41. The molecule has 3 aromatic rings. The molecule has 0 aliphatic rings. The third-order valence-electron chi connectivity index (χ3n) is 6.40. The molecule has 0 aliphatic heterocycles. The van der Waals surface area contributed by atoms with E-state index in [0.29, 0.717) is 22.6 Å². The fourth-order valence-electron chi connectivity index (χ4n) is 4.03. The average molecular weight is 601 g/mol. The van der Waals surface area contributed by atoms with Crippen LogP contribution in [0.15, 0.2) is 72.8 Å². The lowest BCUT2D eigenvalue weighted by molar-refractivity contribution is -0.199. The van der Waals surface area contributed by atoms with Crippen LogP contribution in [0, 0.1) is 0 Å². The van der Waals surface area contributed by atoms with Gasteiger partial charge in [0.05, 0.1) is 30.4 Å². The second kappa shape index (κ2) is 16.3. The Kier molecular flexibility index (Phi) is 12.6. The molecule has 0 aromatic heterocycles. The van der Waals surface area contributed by atoms with Crippen molar-refractivity contribution in [2.24, 2.45) is 0 Å². The van der Waals surface area contributed by atoms with Gasteiger partial charge in [-0.1, -0.05) is 50.5 Å². The highest BCUT2D eigenvalue weighted by Crippen LogP contribution is 2.24. The van der Waals surface area contributed by atoms with Gasteiger partial charge < -0.3 is 18.9 Å². The van der Waals surface area contributed by atoms with Gasteiger partial charge in [0.25, 0.3) is 0 Å². The van der Waals surface area contributed by atoms with Crippen LogP contribution in [0.1, 0.15) is 73.1 Å². The summed E-state index contributed by atoms with van der Waals surface area (Å²) in [5, 5.41) is 0. The van der Waals surface area contributed by atoms with Crippen LogP contribution in [0.2, 0.25) is 0 Å². The molecule has 1 unspecified atom stereocenters. The standard InChI is InChI=1S/C33H35F3O7/c1-3-4-5-6-8-23(2)42-30(37)27-15-19-29(20-16-27)43-31(38)26-11-9-24(10-12-26)25-13-17-28(18-14-25)40-21-7-22-41-32(39)33(34,35)36/h9-20,23H,3-8,21-22H2,1-2H3. The second-order valence-corrected chi connectivity index (χ2v) is 9.92. The van der Waals surface area contributed by atoms with Gasteiger partial charge in [-0.05, 0) is 79.4 Å². The summed E-state index contributed by atoms with van der Waals surface area (Å²) in [6.45, 7) is 3.71. The van der Waals surface area contributed by atoms with Crippen LogP contribution in [0.3, 0.4) is 0 Å². The number of ether oxygens (including phenoxy) is 4. The van der Waals surface area contributed by atoms with Gasteiger partial charge in [0.1, 0.15) is 11.5 Å². The molecule has 0 saturated carbocycles. The van der Waals surface area contributed by atoms with Crippen molar-refractivity contribution in [3.63, 3.8) is 0 Å². The molecule has 230 valence electrons. The van der Waals surface area contributed by atoms with E-state index in [1.54, 1.807) is 72.8 Å². The zero-order valence-corrected chi connectivity index (χ0v) is 24.2. The number of benzene rings is 3. The molecular weight excluding hydrogens is 565 g/mol. The highest BCUT2D eigenvalue weighted by Gasteiger charge is 2.40. The fraction of sp³-hybridized carbons (Fsp3) is 0.364. The highest BCUT2D eigenvalue weighted by atomic mass is 19.4. The first-order valence-corrected chi connectivity index (χ1v) is 14.2. The minimum atomic E-state index is -5.01. The lowest BCUT2D eigenvalue weighted by atomic mass is 10.0. The van der Waals surface area contributed by atoms with Crippen molar-refractivity contribution in [3.05, 3.63) is 83.9 Å². The number of unbranched alkanes of at least 4 members (excludes halogenated alkanes) is 3. The summed E-state index contributed by atoms with van der Waals surface area (Å²) >= 11 is 0. The van der Waals surface area contributed by atoms with E-state index in [9.17, 15) is 27.6 Å². The van der Waals surface area contributed by atoms with Gasteiger partial charge in [-0.25, -0.2) is 14.4 Å². The first-order valence-electron chi connectivity index (χ1n) is 14.2. The summed E-state index contributed by atoms with van der Waals surface area (Å²) < 4.78 is 56.9. The molecule has 0 amide bonds. The smallest absolute Gasteiger partial charge is 0.490 e. The van der Waals surface area contributed by atoms with Crippen molar-refractivity contribution in [2.75, 3.05) is 13.2 Å². The molecule has 0 fully saturated rings. The SMILES string of the molecule is CCCCCCC(C)OC(=O)c1ccc(OC(=O)c2ccc(-c3ccc(OCCCOC(=O)C(F)(F)F)cc3)cc2)cc1. The molecule has 0 aliphatic carbocycles. The Morgan fingerprint density at radius 3 is 1.86 bits per heavy atom. The Labute approximate surface area is 248 Å². The van der Waals surface area contributed by atoms with Gasteiger partial charge in [0.15, 0.2) is 0 Å². The average Bonchev–Trinajstić information content (AvgIpc) is 2.99. The van der Waals surface area contributed by atoms with Crippen LogP contribution < -0.4 is 9.47 Å². The van der Waals surface area contributed by atoms with Crippen LogP contribution in [0.4, 0.5) is 13.2 Å². The third-order valence-corrected chi connectivity index (χ3v) is 6.40. The Balaban J connectivity index is 1.44. The van der Waals surface area contributed by atoms with Crippen LogP contribution in [0.25, 0.3) is 11.1 Å². The van der Waals surface area contributed by atoms with Crippen molar-refractivity contribution in [3.8, 4) is 22.6 Å². The molecule has 0 N–H and O–H groups in total. The van der Waals surface area contributed by atoms with Crippen LogP contribution in [-0.2, 0) is 14.3 Å². The Hall–Kier alpha value is -4.34. The Morgan fingerprint density at radius 2 is 1.26 bits per heavy atom. The number of halogens is 3. The summed E-state index contributed by atoms with van der Waals surface area (Å²) in [6.07, 6.45) is 0.209. The normalized spacial score (nSPS) is 11.8. The van der Waals surface area contributed by atoms with Crippen molar-refractivity contribution in [1.29, 1.82) is 0 Å². The number of rotatable bonds is 15. The van der Waals surface area contributed by atoms with E-state index in [2.05, 4.69) is 11.7 Å². The maximum atomic E-state index is 12.6. The molecule has 0 radical (unpaired) electrons. The van der Waals surface area contributed by atoms with Gasteiger partial charge in [-0.15, -0.1) is 0 Å². The van der Waals surface area contributed by atoms with Crippen LogP contribution in [0.5, 0.6) is 11.5 Å². The largest absolute Gasteiger partial charge is 0.493 e. The van der Waals surface area contributed by atoms with E-state index in [0.717, 1.165) is 36.8 Å². The first kappa shape index (κ1) is 33.2. The number of hydrogen-bond donors (Lipinski definition) is 0. The number of esters is 3.